The summed E-state index contributed by atoms with van der Waals surface area (Å²) in [6, 6.07) is 14.8. The molecule has 4 aromatic rings. The van der Waals surface area contributed by atoms with Crippen LogP contribution in [0, 0.1) is 6.85 Å². The second-order valence-corrected chi connectivity index (χ2v) is 7.09. The van der Waals surface area contributed by atoms with Crippen LogP contribution in [0.4, 0.5) is 0 Å². The molecule has 0 radical (unpaired) electrons. The number of nitrogens with zero attached hydrogens (tertiary/aromatic N) is 1. The molecule has 1 nitrogen and oxygen atoms in total. The summed E-state index contributed by atoms with van der Waals surface area (Å²) in [5.41, 5.74) is 1.10. The van der Waals surface area contributed by atoms with Crippen LogP contribution < -0.4 is 0 Å². The van der Waals surface area contributed by atoms with Crippen LogP contribution in [0.2, 0.25) is 0 Å². The van der Waals surface area contributed by atoms with Crippen molar-refractivity contribution < 1.29 is 8.22 Å². The molecule has 0 amide bonds. The van der Waals surface area contributed by atoms with Crippen LogP contribution >= 0.6 is 0 Å². The van der Waals surface area contributed by atoms with E-state index in [2.05, 4.69) is 0 Å². The zero-order valence-corrected chi connectivity index (χ0v) is 14.1. The lowest BCUT2D eigenvalue weighted by atomic mass is 9.84. The van der Waals surface area contributed by atoms with E-state index in [1.807, 2.05) is 69.3 Å². The highest BCUT2D eigenvalue weighted by molar-refractivity contribution is 6.09. The van der Waals surface area contributed by atoms with E-state index in [-0.39, 0.29) is 34.9 Å². The lowest BCUT2D eigenvalue weighted by Gasteiger charge is -2.22. The monoisotopic (exact) mass is 319 g/mol. The third kappa shape index (κ3) is 2.24. The molecule has 0 N–H and O–H groups in total. The van der Waals surface area contributed by atoms with Crippen molar-refractivity contribution in [3.05, 3.63) is 77.8 Å². The van der Waals surface area contributed by atoms with Gasteiger partial charge < -0.3 is 4.57 Å². The van der Waals surface area contributed by atoms with Crippen molar-refractivity contribution in [2.75, 3.05) is 0 Å². The fraction of sp³-hybridized carbons (Fsp3) is 0.217. The predicted octanol–water partition coefficient (Wildman–Crippen LogP) is 6.39. The Balaban J connectivity index is 2.26. The van der Waals surface area contributed by atoms with Gasteiger partial charge in [-0.15, -0.1) is 0 Å². The van der Waals surface area contributed by atoms with Gasteiger partial charge in [0.05, 0.1) is 15.1 Å². The third-order valence-electron chi connectivity index (χ3n) is 4.35. The first-order valence-electron chi connectivity index (χ1n) is 11.1. The average Bonchev–Trinajstić information content (AvgIpc) is 2.98. The number of aromatic nitrogens is 1. The molecule has 1 heterocycles. The van der Waals surface area contributed by atoms with Gasteiger partial charge in [-0.1, -0.05) is 63.2 Å². The van der Waals surface area contributed by atoms with Crippen LogP contribution in [0.15, 0.2) is 66.7 Å². The molecule has 0 aliphatic heterocycles. The summed E-state index contributed by atoms with van der Waals surface area (Å²) in [6.45, 7) is 2.87. The molecule has 0 aliphatic rings. The number of hydrogen-bond donors (Lipinski definition) is 0. The normalized spacial score (nSPS) is 16.3. The van der Waals surface area contributed by atoms with Crippen molar-refractivity contribution in [3.63, 3.8) is 0 Å². The summed E-state index contributed by atoms with van der Waals surface area (Å²) in [5.74, 6) is 0. The van der Waals surface area contributed by atoms with Crippen LogP contribution in [0.25, 0.3) is 27.5 Å². The zero-order chi connectivity index (χ0) is 22.0. The summed E-state index contributed by atoms with van der Waals surface area (Å²) in [4.78, 5) is 0. The minimum Gasteiger partial charge on any atom is -0.309 e. The van der Waals surface area contributed by atoms with Crippen molar-refractivity contribution in [2.24, 2.45) is 0 Å². The summed E-state index contributed by atoms with van der Waals surface area (Å²) in [7, 11) is 0. The Morgan fingerprint density at radius 2 is 1.46 bits per heavy atom. The Morgan fingerprint density at radius 3 is 2.00 bits per heavy atom. The van der Waals surface area contributed by atoms with Gasteiger partial charge in [0.25, 0.3) is 0 Å². The minimum absolute atomic E-state index is 0.135. The van der Waals surface area contributed by atoms with Gasteiger partial charge in [-0.3, -0.25) is 0 Å². The molecule has 0 unspecified atom stereocenters. The molecule has 4 rings (SSSR count). The van der Waals surface area contributed by atoms with Crippen molar-refractivity contribution in [2.45, 2.75) is 33.0 Å². The first kappa shape index (κ1) is 9.68. The second kappa shape index (κ2) is 5.24. The van der Waals surface area contributed by atoms with Gasteiger partial charge in [0.1, 0.15) is 0 Å². The van der Waals surface area contributed by atoms with Crippen LogP contribution in [-0.4, -0.2) is 4.57 Å². The molecular formula is C23H23N. The largest absolute Gasteiger partial charge is 0.309 e. The van der Waals surface area contributed by atoms with Crippen molar-refractivity contribution in [1.29, 1.82) is 0 Å². The lowest BCUT2D eigenvalue weighted by Crippen LogP contribution is -2.13. The highest BCUT2D eigenvalue weighted by Gasteiger charge is 2.17. The molecule has 0 spiro atoms. The lowest BCUT2D eigenvalue weighted by molar-refractivity contribution is 0.586. The Hall–Kier alpha value is -2.54. The molecule has 24 heavy (non-hydrogen) atoms. The van der Waals surface area contributed by atoms with Crippen LogP contribution in [-0.2, 0) is 5.41 Å². The van der Waals surface area contributed by atoms with E-state index in [1.54, 1.807) is 4.57 Å². The number of benzene rings is 3. The number of rotatable bonds is 1. The van der Waals surface area contributed by atoms with Gasteiger partial charge >= 0.3 is 0 Å². The van der Waals surface area contributed by atoms with Gasteiger partial charge in [-0.2, -0.15) is 0 Å². The summed E-state index contributed by atoms with van der Waals surface area (Å²) in [6.07, 6.45) is 0. The van der Waals surface area contributed by atoms with Gasteiger partial charge in [0.2, 0.25) is 0 Å². The number of fused-ring (bicyclic) bond motifs is 3. The molecule has 0 saturated carbocycles. The SMILES string of the molecule is [2H]c1c([2H])c(C(C)(C)C)c(C([2H])([2H])[2H])c([2H])c1-n1c2ccccc2c2ccccc21. The van der Waals surface area contributed by atoms with Gasteiger partial charge in [0.15, 0.2) is 0 Å². The summed E-state index contributed by atoms with van der Waals surface area (Å²) >= 11 is 0. The van der Waals surface area contributed by atoms with Crippen LogP contribution in [0.1, 0.15) is 40.1 Å². The van der Waals surface area contributed by atoms with Crippen molar-refractivity contribution in [3.8, 4) is 5.69 Å². The van der Waals surface area contributed by atoms with E-state index in [1.165, 1.54) is 0 Å². The molecule has 0 saturated heterocycles. The topological polar surface area (TPSA) is 4.93 Å². The van der Waals surface area contributed by atoms with Crippen LogP contribution in [0.5, 0.6) is 0 Å². The highest BCUT2D eigenvalue weighted by atomic mass is 15.0. The molecule has 3 aromatic carbocycles. The third-order valence-corrected chi connectivity index (χ3v) is 4.35. The summed E-state index contributed by atoms with van der Waals surface area (Å²) in [5, 5.41) is 1.91. The van der Waals surface area contributed by atoms with E-state index in [4.69, 9.17) is 8.22 Å². The Labute approximate surface area is 152 Å². The van der Waals surface area contributed by atoms with E-state index < -0.39 is 12.3 Å². The van der Waals surface area contributed by atoms with E-state index in [9.17, 15) is 0 Å². The molecule has 1 heteroatoms. The molecule has 0 fully saturated rings. The molecule has 0 bridgehead atoms. The number of hydrogen-bond acceptors (Lipinski definition) is 0. The quantitative estimate of drug-likeness (QED) is 0.383. The van der Waals surface area contributed by atoms with Crippen LogP contribution in [0.3, 0.4) is 0 Å². The molecule has 1 aromatic heterocycles. The molecule has 0 aliphatic carbocycles. The molecular weight excluding hydrogens is 290 g/mol. The van der Waals surface area contributed by atoms with Crippen molar-refractivity contribution >= 4 is 21.8 Å². The first-order valence-corrected chi connectivity index (χ1v) is 8.08. The fourth-order valence-electron chi connectivity index (χ4n) is 3.23. The van der Waals surface area contributed by atoms with Gasteiger partial charge in [-0.25, -0.2) is 0 Å². The van der Waals surface area contributed by atoms with Gasteiger partial charge in [-0.05, 0) is 47.6 Å². The number of para-hydroxylation sites is 2. The van der Waals surface area contributed by atoms with Gasteiger partial charge in [0, 0.05) is 20.6 Å². The summed E-state index contributed by atoms with van der Waals surface area (Å²) < 4.78 is 52.5. The Morgan fingerprint density at radius 1 is 0.875 bits per heavy atom. The fourth-order valence-corrected chi connectivity index (χ4v) is 3.23. The standard InChI is InChI=1S/C23H23N/c1-16-15-17(13-14-20(16)23(2,3)4)24-21-11-7-5-9-18(21)19-10-6-8-12-22(19)24/h5-15H,1-4H3/i1D3,13D,14D,15D. The maximum Gasteiger partial charge on any atom is 0.0648 e. The predicted molar refractivity (Wildman–Crippen MR) is 104 cm³/mol. The van der Waals surface area contributed by atoms with Crippen molar-refractivity contribution in [1.82, 2.24) is 4.57 Å². The first-order chi connectivity index (χ1) is 13.9. The maximum atomic E-state index is 8.90. The maximum absolute atomic E-state index is 8.90. The minimum atomic E-state index is -2.57. The average molecular weight is 319 g/mol. The molecule has 120 valence electrons. The molecule has 0 atom stereocenters. The zero-order valence-electron chi connectivity index (χ0n) is 20.1. The Bertz CT molecular complexity index is 1240. The van der Waals surface area contributed by atoms with E-state index in [0.717, 1.165) is 21.8 Å². The van der Waals surface area contributed by atoms with E-state index in [0.29, 0.717) is 0 Å². The second-order valence-electron chi connectivity index (χ2n) is 7.09. The smallest absolute Gasteiger partial charge is 0.0648 e. The highest BCUT2D eigenvalue weighted by Crippen LogP contribution is 2.33. The Kier molecular flexibility index (Phi) is 2.11. The van der Waals surface area contributed by atoms with E-state index >= 15 is 0 Å².